The van der Waals surface area contributed by atoms with Gasteiger partial charge in [-0.25, -0.2) is 4.98 Å². The van der Waals surface area contributed by atoms with Crippen LogP contribution in [0.4, 0.5) is 0 Å². The SMILES string of the molecule is CCc1nc(CNC)c2ccc(Br)cn12. The van der Waals surface area contributed by atoms with Gasteiger partial charge in [0, 0.05) is 23.6 Å². The van der Waals surface area contributed by atoms with Crippen molar-refractivity contribution in [3.63, 3.8) is 0 Å². The highest BCUT2D eigenvalue weighted by Crippen LogP contribution is 2.18. The molecule has 15 heavy (non-hydrogen) atoms. The smallest absolute Gasteiger partial charge is 0.113 e. The summed E-state index contributed by atoms with van der Waals surface area (Å²) in [4.78, 5) is 4.62. The molecular formula is C11H14BrN3. The van der Waals surface area contributed by atoms with E-state index in [1.807, 2.05) is 7.05 Å². The molecule has 0 fully saturated rings. The van der Waals surface area contributed by atoms with Crippen molar-refractivity contribution in [2.24, 2.45) is 0 Å². The van der Waals surface area contributed by atoms with E-state index in [0.29, 0.717) is 0 Å². The van der Waals surface area contributed by atoms with Crippen LogP contribution in [0.2, 0.25) is 0 Å². The van der Waals surface area contributed by atoms with Gasteiger partial charge in [-0.2, -0.15) is 0 Å². The molecule has 0 radical (unpaired) electrons. The second kappa shape index (κ2) is 4.33. The minimum atomic E-state index is 0.811. The molecule has 80 valence electrons. The van der Waals surface area contributed by atoms with Crippen LogP contribution >= 0.6 is 15.9 Å². The van der Waals surface area contributed by atoms with Crippen molar-refractivity contribution in [3.05, 3.63) is 34.3 Å². The molecule has 0 aliphatic carbocycles. The highest BCUT2D eigenvalue weighted by atomic mass is 79.9. The van der Waals surface area contributed by atoms with Crippen molar-refractivity contribution >= 4 is 21.4 Å². The topological polar surface area (TPSA) is 29.3 Å². The average Bonchev–Trinajstić information content (AvgIpc) is 2.56. The fraction of sp³-hybridized carbons (Fsp3) is 0.364. The Hall–Kier alpha value is -0.870. The zero-order valence-corrected chi connectivity index (χ0v) is 10.5. The Morgan fingerprint density at radius 2 is 2.27 bits per heavy atom. The van der Waals surface area contributed by atoms with Gasteiger partial charge in [-0.3, -0.25) is 0 Å². The number of hydrogen-bond acceptors (Lipinski definition) is 2. The quantitative estimate of drug-likeness (QED) is 0.926. The molecule has 2 aromatic heterocycles. The molecule has 0 atom stereocenters. The molecule has 0 saturated heterocycles. The lowest BCUT2D eigenvalue weighted by Gasteiger charge is -1.99. The van der Waals surface area contributed by atoms with Crippen LogP contribution in [0.1, 0.15) is 18.4 Å². The van der Waals surface area contributed by atoms with Crippen LogP contribution in [-0.4, -0.2) is 16.4 Å². The molecule has 2 aromatic rings. The normalized spacial score (nSPS) is 11.1. The van der Waals surface area contributed by atoms with Crippen molar-refractivity contribution in [2.75, 3.05) is 7.05 Å². The lowest BCUT2D eigenvalue weighted by Crippen LogP contribution is -2.05. The van der Waals surface area contributed by atoms with Gasteiger partial charge < -0.3 is 9.72 Å². The van der Waals surface area contributed by atoms with E-state index in [4.69, 9.17) is 0 Å². The first kappa shape index (κ1) is 10.6. The number of nitrogens with zero attached hydrogens (tertiary/aromatic N) is 2. The molecule has 3 nitrogen and oxygen atoms in total. The minimum Gasteiger partial charge on any atom is -0.314 e. The van der Waals surface area contributed by atoms with Gasteiger partial charge in [0.1, 0.15) is 5.82 Å². The number of aryl methyl sites for hydroxylation is 1. The fourth-order valence-electron chi connectivity index (χ4n) is 1.74. The van der Waals surface area contributed by atoms with E-state index < -0.39 is 0 Å². The maximum absolute atomic E-state index is 4.62. The van der Waals surface area contributed by atoms with Crippen molar-refractivity contribution in [3.8, 4) is 0 Å². The van der Waals surface area contributed by atoms with Gasteiger partial charge in [0.25, 0.3) is 0 Å². The van der Waals surface area contributed by atoms with Crippen LogP contribution in [0.5, 0.6) is 0 Å². The largest absolute Gasteiger partial charge is 0.314 e. The molecular weight excluding hydrogens is 254 g/mol. The molecule has 2 heterocycles. The monoisotopic (exact) mass is 267 g/mol. The summed E-state index contributed by atoms with van der Waals surface area (Å²) in [5.41, 5.74) is 2.30. The third-order valence-electron chi connectivity index (χ3n) is 2.41. The number of imidazole rings is 1. The standard InChI is InChI=1S/C11H14BrN3/c1-3-11-14-9(6-13-2)10-5-4-8(12)7-15(10)11/h4-5,7,13H,3,6H2,1-2H3. The molecule has 0 bridgehead atoms. The number of fused-ring (bicyclic) bond motifs is 1. The van der Waals surface area contributed by atoms with Crippen molar-refractivity contribution in [1.29, 1.82) is 0 Å². The Morgan fingerprint density at radius 3 is 2.93 bits per heavy atom. The van der Waals surface area contributed by atoms with E-state index in [-0.39, 0.29) is 0 Å². The predicted molar refractivity (Wildman–Crippen MR) is 65.0 cm³/mol. The first-order chi connectivity index (χ1) is 7.26. The molecule has 0 spiro atoms. The van der Waals surface area contributed by atoms with Crippen molar-refractivity contribution < 1.29 is 0 Å². The number of pyridine rings is 1. The van der Waals surface area contributed by atoms with Crippen LogP contribution in [0.15, 0.2) is 22.8 Å². The summed E-state index contributed by atoms with van der Waals surface area (Å²) in [6.45, 7) is 2.93. The second-order valence-electron chi connectivity index (χ2n) is 3.46. The summed E-state index contributed by atoms with van der Waals surface area (Å²) in [6, 6.07) is 4.15. The van der Waals surface area contributed by atoms with Crippen molar-refractivity contribution in [2.45, 2.75) is 19.9 Å². The molecule has 0 aliphatic rings. The number of rotatable bonds is 3. The fourth-order valence-corrected chi connectivity index (χ4v) is 2.07. The molecule has 4 heteroatoms. The molecule has 0 unspecified atom stereocenters. The first-order valence-electron chi connectivity index (χ1n) is 5.06. The van der Waals surface area contributed by atoms with E-state index >= 15 is 0 Å². The molecule has 0 aliphatic heterocycles. The minimum absolute atomic E-state index is 0.811. The zero-order chi connectivity index (χ0) is 10.8. The van der Waals surface area contributed by atoms with Gasteiger partial charge in [-0.05, 0) is 35.1 Å². The lowest BCUT2D eigenvalue weighted by atomic mass is 10.3. The van der Waals surface area contributed by atoms with E-state index in [1.165, 1.54) is 5.52 Å². The molecule has 1 N–H and O–H groups in total. The predicted octanol–water partition coefficient (Wildman–Crippen LogP) is 2.38. The number of nitrogens with one attached hydrogen (secondary N) is 1. The Balaban J connectivity index is 2.64. The zero-order valence-electron chi connectivity index (χ0n) is 8.92. The summed E-state index contributed by atoms with van der Waals surface area (Å²) >= 11 is 3.48. The van der Waals surface area contributed by atoms with Gasteiger partial charge >= 0.3 is 0 Å². The molecule has 0 saturated carbocycles. The number of halogens is 1. The maximum atomic E-state index is 4.62. The van der Waals surface area contributed by atoms with E-state index in [1.54, 1.807) is 0 Å². The van der Waals surface area contributed by atoms with E-state index in [2.05, 4.69) is 55.9 Å². The molecule has 0 amide bonds. The van der Waals surface area contributed by atoms with Crippen LogP contribution < -0.4 is 5.32 Å². The van der Waals surface area contributed by atoms with Gasteiger partial charge in [0.15, 0.2) is 0 Å². The maximum Gasteiger partial charge on any atom is 0.113 e. The summed E-state index contributed by atoms with van der Waals surface area (Å²) in [6.07, 6.45) is 3.02. The Kier molecular flexibility index (Phi) is 3.07. The van der Waals surface area contributed by atoms with Gasteiger partial charge in [0.2, 0.25) is 0 Å². The van der Waals surface area contributed by atoms with Gasteiger partial charge in [-0.15, -0.1) is 0 Å². The Labute approximate surface area is 97.6 Å². The first-order valence-corrected chi connectivity index (χ1v) is 5.85. The summed E-state index contributed by atoms with van der Waals surface area (Å²) in [7, 11) is 1.94. The Bertz CT molecular complexity index is 476. The van der Waals surface area contributed by atoms with E-state index in [9.17, 15) is 0 Å². The Morgan fingerprint density at radius 1 is 1.47 bits per heavy atom. The number of hydrogen-bond donors (Lipinski definition) is 1. The molecule has 0 aromatic carbocycles. The highest BCUT2D eigenvalue weighted by molar-refractivity contribution is 9.10. The average molecular weight is 268 g/mol. The van der Waals surface area contributed by atoms with Crippen molar-refractivity contribution in [1.82, 2.24) is 14.7 Å². The van der Waals surface area contributed by atoms with Gasteiger partial charge in [-0.1, -0.05) is 6.92 Å². The van der Waals surface area contributed by atoms with Crippen LogP contribution in [0, 0.1) is 0 Å². The van der Waals surface area contributed by atoms with Gasteiger partial charge in [0.05, 0.1) is 11.2 Å². The highest BCUT2D eigenvalue weighted by Gasteiger charge is 2.08. The van der Waals surface area contributed by atoms with E-state index in [0.717, 1.165) is 29.0 Å². The van der Waals surface area contributed by atoms with Crippen LogP contribution in [-0.2, 0) is 13.0 Å². The van der Waals surface area contributed by atoms with Crippen LogP contribution in [0.3, 0.4) is 0 Å². The summed E-state index contributed by atoms with van der Waals surface area (Å²) < 4.78 is 3.23. The third kappa shape index (κ3) is 1.92. The lowest BCUT2D eigenvalue weighted by molar-refractivity contribution is 0.796. The van der Waals surface area contributed by atoms with Crippen LogP contribution in [0.25, 0.3) is 5.52 Å². The second-order valence-corrected chi connectivity index (χ2v) is 4.38. The third-order valence-corrected chi connectivity index (χ3v) is 2.88. The number of aromatic nitrogens is 2. The summed E-state index contributed by atoms with van der Waals surface area (Å²) in [5, 5.41) is 3.14. The summed E-state index contributed by atoms with van der Waals surface area (Å²) in [5.74, 6) is 1.11. The molecule has 2 rings (SSSR count).